The summed E-state index contributed by atoms with van der Waals surface area (Å²) in [5.74, 6) is 0.978. The second-order valence-corrected chi connectivity index (χ2v) is 7.51. The van der Waals surface area contributed by atoms with E-state index in [-0.39, 0.29) is 17.7 Å². The van der Waals surface area contributed by atoms with Gasteiger partial charge in [-0.05, 0) is 62.1 Å². The average molecular weight is 413 g/mol. The van der Waals surface area contributed by atoms with Gasteiger partial charge in [0.25, 0.3) is 5.91 Å². The Balaban J connectivity index is 1.96. The molecule has 0 radical (unpaired) electrons. The number of methoxy groups -OCH3 is 1. The van der Waals surface area contributed by atoms with Crippen LogP contribution in [-0.2, 0) is 11.2 Å². The van der Waals surface area contributed by atoms with Crippen LogP contribution in [0, 0.1) is 12.8 Å². The van der Waals surface area contributed by atoms with Crippen LogP contribution in [0.1, 0.15) is 42.3 Å². The summed E-state index contributed by atoms with van der Waals surface area (Å²) >= 11 is 0. The van der Waals surface area contributed by atoms with Crippen molar-refractivity contribution in [3.8, 4) is 11.5 Å². The molecule has 162 valence electrons. The summed E-state index contributed by atoms with van der Waals surface area (Å²) in [5, 5.41) is 5.78. The van der Waals surface area contributed by atoms with Gasteiger partial charge in [-0.1, -0.05) is 31.5 Å². The molecule has 0 heterocycles. The third-order valence-corrected chi connectivity index (χ3v) is 4.79. The van der Waals surface area contributed by atoms with Gasteiger partial charge >= 0.3 is 0 Å². The summed E-state index contributed by atoms with van der Waals surface area (Å²) in [7, 11) is 1.64. The van der Waals surface area contributed by atoms with Gasteiger partial charge < -0.3 is 20.1 Å². The molecule has 1 atom stereocenters. The molecule has 2 aromatic rings. The van der Waals surface area contributed by atoms with E-state index >= 15 is 0 Å². The Morgan fingerprint density at radius 2 is 1.77 bits per heavy atom. The molecule has 0 bridgehead atoms. The lowest BCUT2D eigenvalue weighted by molar-refractivity contribution is -0.123. The monoisotopic (exact) mass is 412 g/mol. The van der Waals surface area contributed by atoms with Crippen molar-refractivity contribution in [1.29, 1.82) is 0 Å². The van der Waals surface area contributed by atoms with Crippen molar-refractivity contribution < 1.29 is 19.1 Å². The third-order valence-electron chi connectivity index (χ3n) is 4.79. The predicted molar refractivity (Wildman–Crippen MR) is 118 cm³/mol. The van der Waals surface area contributed by atoms with E-state index < -0.39 is 6.04 Å². The number of amides is 2. The fraction of sp³-hybridized carbons (Fsp3) is 0.417. The van der Waals surface area contributed by atoms with Gasteiger partial charge in [-0.3, -0.25) is 9.59 Å². The van der Waals surface area contributed by atoms with Gasteiger partial charge in [0.05, 0.1) is 13.7 Å². The molecule has 0 aliphatic heterocycles. The lowest BCUT2D eigenvalue weighted by atomic mass is 10.0. The molecule has 2 aromatic carbocycles. The summed E-state index contributed by atoms with van der Waals surface area (Å²) in [6.45, 7) is 8.77. The van der Waals surface area contributed by atoms with Crippen LogP contribution in [-0.4, -0.2) is 38.1 Å². The normalized spacial score (nSPS) is 11.7. The van der Waals surface area contributed by atoms with Crippen molar-refractivity contribution in [2.24, 2.45) is 5.92 Å². The minimum Gasteiger partial charge on any atom is -0.496 e. The first kappa shape index (κ1) is 23.3. The third kappa shape index (κ3) is 6.51. The van der Waals surface area contributed by atoms with E-state index in [2.05, 4.69) is 16.7 Å². The van der Waals surface area contributed by atoms with Gasteiger partial charge in [-0.2, -0.15) is 0 Å². The molecule has 0 fully saturated rings. The smallest absolute Gasteiger partial charge is 0.251 e. The van der Waals surface area contributed by atoms with Crippen LogP contribution in [0.15, 0.2) is 42.5 Å². The molecule has 2 amide bonds. The van der Waals surface area contributed by atoms with Gasteiger partial charge in [-0.25, -0.2) is 0 Å². The lowest BCUT2D eigenvalue weighted by Crippen LogP contribution is -2.50. The number of rotatable bonds is 10. The van der Waals surface area contributed by atoms with Gasteiger partial charge in [-0.15, -0.1) is 0 Å². The van der Waals surface area contributed by atoms with Gasteiger partial charge in [0.15, 0.2) is 0 Å². The number of hydrogen-bond donors (Lipinski definition) is 2. The largest absolute Gasteiger partial charge is 0.496 e. The summed E-state index contributed by atoms with van der Waals surface area (Å²) in [5.41, 5.74) is 2.67. The molecule has 2 rings (SSSR count). The highest BCUT2D eigenvalue weighted by Gasteiger charge is 2.24. The molecule has 6 nitrogen and oxygen atoms in total. The van der Waals surface area contributed by atoms with Crippen LogP contribution in [0.25, 0.3) is 0 Å². The van der Waals surface area contributed by atoms with Crippen molar-refractivity contribution in [3.63, 3.8) is 0 Å². The number of carbonyl (C=O) groups is 2. The Bertz CT molecular complexity index is 847. The van der Waals surface area contributed by atoms with Gasteiger partial charge in [0.2, 0.25) is 5.91 Å². The number of benzene rings is 2. The predicted octanol–water partition coefficient (Wildman–Crippen LogP) is 3.52. The highest BCUT2D eigenvalue weighted by molar-refractivity contribution is 5.97. The van der Waals surface area contributed by atoms with Crippen LogP contribution in [0.3, 0.4) is 0 Å². The highest BCUT2D eigenvalue weighted by Crippen LogP contribution is 2.20. The van der Waals surface area contributed by atoms with Crippen molar-refractivity contribution in [2.45, 2.75) is 40.2 Å². The number of carbonyl (C=O) groups excluding carboxylic acids is 2. The van der Waals surface area contributed by atoms with Crippen molar-refractivity contribution in [1.82, 2.24) is 10.6 Å². The second-order valence-electron chi connectivity index (χ2n) is 7.51. The molecule has 0 aliphatic rings. The van der Waals surface area contributed by atoms with E-state index in [4.69, 9.17) is 9.47 Å². The topological polar surface area (TPSA) is 76.7 Å². The van der Waals surface area contributed by atoms with E-state index in [1.165, 1.54) is 0 Å². The van der Waals surface area contributed by atoms with Gasteiger partial charge in [0.1, 0.15) is 17.5 Å². The highest BCUT2D eigenvalue weighted by atomic mass is 16.5. The molecule has 0 saturated heterocycles. The minimum atomic E-state index is -0.622. The average Bonchev–Trinajstić information content (AvgIpc) is 2.72. The first-order valence-corrected chi connectivity index (χ1v) is 10.3. The lowest BCUT2D eigenvalue weighted by Gasteiger charge is -2.22. The molecule has 0 aliphatic carbocycles. The molecule has 6 heteroatoms. The Kier molecular flexibility index (Phi) is 8.71. The Labute approximate surface area is 179 Å². The Morgan fingerprint density at radius 1 is 1.07 bits per heavy atom. The van der Waals surface area contributed by atoms with E-state index in [1.54, 1.807) is 31.4 Å². The first-order valence-electron chi connectivity index (χ1n) is 10.3. The zero-order chi connectivity index (χ0) is 22.1. The molecule has 30 heavy (non-hydrogen) atoms. The fourth-order valence-electron chi connectivity index (χ4n) is 3.16. The summed E-state index contributed by atoms with van der Waals surface area (Å²) in [6.07, 6.45) is 0.647. The van der Waals surface area contributed by atoms with Crippen LogP contribution in [0.2, 0.25) is 0 Å². The van der Waals surface area contributed by atoms with Crippen LogP contribution < -0.4 is 20.1 Å². The fourth-order valence-corrected chi connectivity index (χ4v) is 3.16. The maximum absolute atomic E-state index is 12.7. The Morgan fingerprint density at radius 3 is 2.37 bits per heavy atom. The zero-order valence-corrected chi connectivity index (χ0v) is 18.5. The van der Waals surface area contributed by atoms with Crippen molar-refractivity contribution in [2.75, 3.05) is 20.3 Å². The maximum Gasteiger partial charge on any atom is 0.251 e. The molecule has 0 aromatic heterocycles. The standard InChI is InChI=1S/C24H32N2O4/c1-6-30-20-10-8-18(9-11-20)23(27)26-22(16(2)3)24(28)25-14-13-19-15-17(4)7-12-21(19)29-5/h7-12,15-16,22H,6,13-14H2,1-5H3,(H,25,28)(H,26,27)/t22-/m0/s1. The van der Waals surface area contributed by atoms with E-state index in [0.29, 0.717) is 30.9 Å². The van der Waals surface area contributed by atoms with E-state index in [9.17, 15) is 9.59 Å². The van der Waals surface area contributed by atoms with Crippen LogP contribution >= 0.6 is 0 Å². The number of nitrogens with one attached hydrogen (secondary N) is 2. The minimum absolute atomic E-state index is 0.0508. The first-order chi connectivity index (χ1) is 14.3. The van der Waals surface area contributed by atoms with Crippen molar-refractivity contribution >= 4 is 11.8 Å². The molecule has 0 spiro atoms. The maximum atomic E-state index is 12.7. The molecule has 2 N–H and O–H groups in total. The second kappa shape index (κ2) is 11.2. The molecular weight excluding hydrogens is 380 g/mol. The molecule has 0 unspecified atom stereocenters. The number of ether oxygens (including phenoxy) is 2. The van der Waals surface area contributed by atoms with Gasteiger partial charge in [0, 0.05) is 12.1 Å². The number of hydrogen-bond acceptors (Lipinski definition) is 4. The number of aryl methyl sites for hydroxylation is 1. The summed E-state index contributed by atoms with van der Waals surface area (Å²) in [6, 6.07) is 12.2. The van der Waals surface area contributed by atoms with Crippen LogP contribution in [0.5, 0.6) is 11.5 Å². The quantitative estimate of drug-likeness (QED) is 0.626. The Hall–Kier alpha value is -3.02. The van der Waals surface area contributed by atoms with E-state index in [1.807, 2.05) is 39.8 Å². The summed E-state index contributed by atoms with van der Waals surface area (Å²) < 4.78 is 10.8. The van der Waals surface area contributed by atoms with Crippen LogP contribution in [0.4, 0.5) is 0 Å². The zero-order valence-electron chi connectivity index (χ0n) is 18.5. The molecule has 0 saturated carbocycles. The van der Waals surface area contributed by atoms with E-state index in [0.717, 1.165) is 16.9 Å². The SMILES string of the molecule is CCOc1ccc(C(=O)N[C@H](C(=O)NCCc2cc(C)ccc2OC)C(C)C)cc1. The summed E-state index contributed by atoms with van der Waals surface area (Å²) in [4.78, 5) is 25.3. The molecular formula is C24H32N2O4. The van der Waals surface area contributed by atoms with Crippen molar-refractivity contribution in [3.05, 3.63) is 59.2 Å².